The number of rotatable bonds is 44. The van der Waals surface area contributed by atoms with Crippen molar-refractivity contribution >= 4 is 16.3 Å². The van der Waals surface area contributed by atoms with Crippen molar-refractivity contribution in [1.29, 1.82) is 0 Å². The van der Waals surface area contributed by atoms with E-state index < -0.39 is 59.9 Å². The van der Waals surface area contributed by atoms with E-state index in [1.165, 1.54) is 154 Å². The van der Waals surface area contributed by atoms with Gasteiger partial charge in [0.15, 0.2) is 6.29 Å². The number of carbonyl (C=O) groups is 1. The van der Waals surface area contributed by atoms with Crippen LogP contribution in [0.4, 0.5) is 0 Å². The van der Waals surface area contributed by atoms with Gasteiger partial charge in [0.2, 0.25) is 5.91 Å². The highest BCUT2D eigenvalue weighted by Crippen LogP contribution is 2.26. The Kier molecular flexibility index (Phi) is 39.1. The second-order valence-electron chi connectivity index (χ2n) is 18.1. The molecule has 0 bridgehead atoms. The molecule has 7 unspecified atom stereocenters. The van der Waals surface area contributed by atoms with Crippen molar-refractivity contribution < 1.29 is 51.8 Å². The normalized spacial score (nSPS) is 20.5. The summed E-state index contributed by atoms with van der Waals surface area (Å²) < 4.78 is 47.7. The van der Waals surface area contributed by atoms with Gasteiger partial charge in [-0.15, -0.1) is 0 Å². The Morgan fingerprint density at radius 2 is 1.03 bits per heavy atom. The molecule has 12 nitrogen and oxygen atoms in total. The van der Waals surface area contributed by atoms with Gasteiger partial charge in [-0.05, 0) is 44.9 Å². The highest BCUT2D eigenvalue weighted by molar-refractivity contribution is 7.80. The van der Waals surface area contributed by atoms with Gasteiger partial charge in [0.25, 0.3) is 0 Å². The average molecular weight is 930 g/mol. The molecule has 0 aromatic carbocycles. The summed E-state index contributed by atoms with van der Waals surface area (Å²) in [6, 6.07) is -0.945. The minimum atomic E-state index is -5.09. The molecule has 1 aliphatic heterocycles. The summed E-state index contributed by atoms with van der Waals surface area (Å²) >= 11 is 0. The van der Waals surface area contributed by atoms with Crippen molar-refractivity contribution in [2.24, 2.45) is 0 Å². The third-order valence-electron chi connectivity index (χ3n) is 12.2. The zero-order valence-corrected chi connectivity index (χ0v) is 41.2. The Hall–Kier alpha value is -1.68. The summed E-state index contributed by atoms with van der Waals surface area (Å²) in [6.07, 6.45) is 41.7. The van der Waals surface area contributed by atoms with Gasteiger partial charge < -0.3 is 35.2 Å². The Balaban J connectivity index is 2.46. The topological polar surface area (TPSA) is 192 Å². The fraction of sp³-hybridized carbons (Fsp3) is 0.863. The lowest BCUT2D eigenvalue weighted by atomic mass is 9.99. The minimum absolute atomic E-state index is 0.265. The van der Waals surface area contributed by atoms with Gasteiger partial charge in [-0.3, -0.25) is 9.35 Å². The first-order valence-corrected chi connectivity index (χ1v) is 27.3. The monoisotopic (exact) mass is 930 g/mol. The standard InChI is InChI=1S/C51H95NO11S/c1-3-5-7-9-11-13-15-17-19-21-23-25-27-29-31-33-35-37-39-41-47(55)52-44(43-61-51-49(57)50(63-64(58,59)60)48(56)46(42-53)62-51)45(54)40-38-36-34-32-30-28-26-24-22-20-18-16-14-12-10-8-6-4-2/h11,13,15,17,38,40,44-46,48-51,53-54,56-57H,3-10,12,14,16,18-37,39,41-43H2,1-2H3,(H,52,55)(H,58,59,60)/b13-11-,17-15-,40-38+. The number of aliphatic hydroxyl groups excluding tert-OH is 4. The van der Waals surface area contributed by atoms with Gasteiger partial charge in [-0.1, -0.05) is 211 Å². The molecule has 7 atom stereocenters. The number of unbranched alkanes of at least 4 members (excludes halogenated alkanes) is 29. The Morgan fingerprint density at radius 1 is 0.625 bits per heavy atom. The molecule has 0 saturated carbocycles. The summed E-state index contributed by atoms with van der Waals surface area (Å²) in [4.78, 5) is 13.1. The van der Waals surface area contributed by atoms with Crippen LogP contribution in [0, 0.1) is 0 Å². The number of hydrogen-bond acceptors (Lipinski definition) is 10. The van der Waals surface area contributed by atoms with Crippen LogP contribution in [-0.2, 0) is 28.9 Å². The number of hydrogen-bond donors (Lipinski definition) is 6. The van der Waals surface area contributed by atoms with Crippen molar-refractivity contribution in [3.05, 3.63) is 36.5 Å². The van der Waals surface area contributed by atoms with Gasteiger partial charge >= 0.3 is 10.4 Å². The third-order valence-corrected chi connectivity index (χ3v) is 12.7. The molecule has 1 aliphatic rings. The van der Waals surface area contributed by atoms with Crippen molar-refractivity contribution in [2.45, 2.75) is 269 Å². The molecule has 1 rings (SSSR count). The fourth-order valence-corrected chi connectivity index (χ4v) is 8.66. The maximum absolute atomic E-state index is 13.1. The lowest BCUT2D eigenvalue weighted by Gasteiger charge is -2.41. The lowest BCUT2D eigenvalue weighted by molar-refractivity contribution is -0.298. The van der Waals surface area contributed by atoms with E-state index in [9.17, 15) is 38.2 Å². The molecular weight excluding hydrogens is 835 g/mol. The van der Waals surface area contributed by atoms with E-state index in [0.717, 1.165) is 44.9 Å². The number of ether oxygens (including phenoxy) is 2. The molecule has 0 aliphatic carbocycles. The van der Waals surface area contributed by atoms with E-state index in [1.807, 2.05) is 6.08 Å². The predicted octanol–water partition coefficient (Wildman–Crippen LogP) is 11.1. The fourth-order valence-electron chi connectivity index (χ4n) is 8.15. The SMILES string of the molecule is CCCCC/C=C\C=C/CCCCCCCCCCCCC(=O)NC(COC1OC(CO)C(O)C(OS(=O)(=O)O)C1O)C(O)/C=C/CCCCCCCCCCCCCCCCCC. The first-order chi connectivity index (χ1) is 31.0. The molecule has 1 saturated heterocycles. The molecule has 0 aromatic heterocycles. The molecule has 1 heterocycles. The van der Waals surface area contributed by atoms with E-state index in [-0.39, 0.29) is 18.9 Å². The zero-order valence-electron chi connectivity index (χ0n) is 40.3. The second kappa shape index (κ2) is 41.5. The van der Waals surface area contributed by atoms with E-state index >= 15 is 0 Å². The first kappa shape index (κ1) is 60.3. The van der Waals surface area contributed by atoms with Gasteiger partial charge in [-0.2, -0.15) is 8.42 Å². The minimum Gasteiger partial charge on any atom is -0.394 e. The van der Waals surface area contributed by atoms with Crippen LogP contribution in [-0.4, -0.2) is 95.4 Å². The molecule has 376 valence electrons. The second-order valence-corrected chi connectivity index (χ2v) is 19.2. The van der Waals surface area contributed by atoms with Crippen LogP contribution >= 0.6 is 0 Å². The molecule has 0 radical (unpaired) electrons. The van der Waals surface area contributed by atoms with Gasteiger partial charge in [0, 0.05) is 6.42 Å². The lowest BCUT2D eigenvalue weighted by Crippen LogP contribution is -2.61. The van der Waals surface area contributed by atoms with E-state index in [4.69, 9.17) is 9.47 Å². The van der Waals surface area contributed by atoms with Crippen LogP contribution in [0.3, 0.4) is 0 Å². The molecule has 1 amide bonds. The zero-order chi connectivity index (χ0) is 46.9. The summed E-state index contributed by atoms with van der Waals surface area (Å²) in [5, 5.41) is 44.8. The quantitative estimate of drug-likeness (QED) is 0.0147. The Bertz CT molecular complexity index is 1280. The van der Waals surface area contributed by atoms with Crippen molar-refractivity contribution in [3.8, 4) is 0 Å². The molecule has 64 heavy (non-hydrogen) atoms. The number of carbonyl (C=O) groups excluding carboxylic acids is 1. The summed E-state index contributed by atoms with van der Waals surface area (Å²) in [5.74, 6) is -0.266. The van der Waals surface area contributed by atoms with Gasteiger partial charge in [0.1, 0.15) is 24.4 Å². The molecule has 6 N–H and O–H groups in total. The maximum Gasteiger partial charge on any atom is 0.397 e. The Morgan fingerprint density at radius 3 is 1.48 bits per heavy atom. The average Bonchev–Trinajstić information content (AvgIpc) is 3.27. The molecule has 0 aromatic rings. The van der Waals surface area contributed by atoms with E-state index in [2.05, 4.69) is 47.7 Å². The summed E-state index contributed by atoms with van der Waals surface area (Å²) in [6.45, 7) is 3.38. The molecular formula is C51H95NO11S. The van der Waals surface area contributed by atoms with Crippen LogP contribution in [0.5, 0.6) is 0 Å². The Labute approximate surface area is 390 Å². The van der Waals surface area contributed by atoms with Crippen molar-refractivity contribution in [2.75, 3.05) is 13.2 Å². The van der Waals surface area contributed by atoms with Crippen LogP contribution in [0.1, 0.15) is 226 Å². The van der Waals surface area contributed by atoms with Crippen LogP contribution in [0.15, 0.2) is 36.5 Å². The van der Waals surface area contributed by atoms with Gasteiger partial charge in [0.05, 0.1) is 25.4 Å². The number of aliphatic hydroxyl groups is 4. The third kappa shape index (κ3) is 33.7. The van der Waals surface area contributed by atoms with E-state index in [1.54, 1.807) is 6.08 Å². The molecule has 0 spiro atoms. The van der Waals surface area contributed by atoms with Crippen molar-refractivity contribution in [3.63, 3.8) is 0 Å². The summed E-state index contributed by atoms with van der Waals surface area (Å²) in [5.41, 5.74) is 0. The largest absolute Gasteiger partial charge is 0.397 e. The highest BCUT2D eigenvalue weighted by atomic mass is 32.3. The summed E-state index contributed by atoms with van der Waals surface area (Å²) in [7, 11) is -5.09. The van der Waals surface area contributed by atoms with Crippen LogP contribution in [0.2, 0.25) is 0 Å². The smallest absolute Gasteiger partial charge is 0.394 e. The maximum atomic E-state index is 13.1. The van der Waals surface area contributed by atoms with Crippen LogP contribution in [0.25, 0.3) is 0 Å². The van der Waals surface area contributed by atoms with Gasteiger partial charge in [-0.25, -0.2) is 4.18 Å². The van der Waals surface area contributed by atoms with Crippen molar-refractivity contribution in [1.82, 2.24) is 5.32 Å². The number of amides is 1. The molecule has 1 fully saturated rings. The highest BCUT2D eigenvalue weighted by Gasteiger charge is 2.48. The first-order valence-electron chi connectivity index (χ1n) is 25.9. The number of allylic oxidation sites excluding steroid dienone is 5. The number of nitrogens with one attached hydrogen (secondary N) is 1. The van der Waals surface area contributed by atoms with E-state index in [0.29, 0.717) is 6.42 Å². The molecule has 13 heteroatoms. The predicted molar refractivity (Wildman–Crippen MR) is 259 cm³/mol. The van der Waals surface area contributed by atoms with Crippen LogP contribution < -0.4 is 5.32 Å².